The summed E-state index contributed by atoms with van der Waals surface area (Å²) in [4.78, 5) is 0. The lowest BCUT2D eigenvalue weighted by molar-refractivity contribution is 0.598. The highest BCUT2D eigenvalue weighted by Crippen LogP contribution is 2.21. The molecule has 0 unspecified atom stereocenters. The molecule has 0 spiro atoms. The summed E-state index contributed by atoms with van der Waals surface area (Å²) in [6.45, 7) is 3.23. The second kappa shape index (κ2) is 6.21. The molecule has 0 bridgehead atoms. The molecule has 1 N–H and O–H groups in total. The number of rotatable bonds is 5. The van der Waals surface area contributed by atoms with Gasteiger partial charge in [0.05, 0.1) is 6.04 Å². The van der Waals surface area contributed by atoms with Crippen molar-refractivity contribution in [2.45, 2.75) is 19.4 Å². The molecule has 0 aromatic heterocycles. The van der Waals surface area contributed by atoms with E-state index in [1.807, 2.05) is 0 Å². The smallest absolute Gasteiger partial charge is 0.0576 e. The van der Waals surface area contributed by atoms with Gasteiger partial charge in [-0.3, -0.25) is 0 Å². The van der Waals surface area contributed by atoms with Gasteiger partial charge in [-0.2, -0.15) is 0 Å². The summed E-state index contributed by atoms with van der Waals surface area (Å²) in [5.41, 5.74) is 2.65. The molecule has 0 amide bonds. The van der Waals surface area contributed by atoms with Crippen LogP contribution in [-0.2, 0) is 0 Å². The Morgan fingerprint density at radius 3 is 1.71 bits per heavy atom. The van der Waals surface area contributed by atoms with Crippen molar-refractivity contribution >= 4 is 0 Å². The van der Waals surface area contributed by atoms with Gasteiger partial charge < -0.3 is 5.32 Å². The van der Waals surface area contributed by atoms with Crippen LogP contribution in [0.4, 0.5) is 0 Å². The number of hydrogen-bond acceptors (Lipinski definition) is 1. The number of hydrogen-bond donors (Lipinski definition) is 1. The Hall–Kier alpha value is -1.60. The van der Waals surface area contributed by atoms with Gasteiger partial charge in [0.25, 0.3) is 0 Å². The van der Waals surface area contributed by atoms with Gasteiger partial charge >= 0.3 is 0 Å². The van der Waals surface area contributed by atoms with E-state index in [9.17, 15) is 0 Å². The van der Waals surface area contributed by atoms with Gasteiger partial charge in [0.15, 0.2) is 0 Å². The zero-order valence-electron chi connectivity index (χ0n) is 10.3. The quantitative estimate of drug-likeness (QED) is 0.816. The van der Waals surface area contributed by atoms with Crippen LogP contribution >= 0.6 is 0 Å². The van der Waals surface area contributed by atoms with E-state index in [0.717, 1.165) is 13.0 Å². The topological polar surface area (TPSA) is 12.0 Å². The Morgan fingerprint density at radius 2 is 1.29 bits per heavy atom. The van der Waals surface area contributed by atoms with E-state index in [0.29, 0.717) is 6.04 Å². The van der Waals surface area contributed by atoms with Crippen molar-refractivity contribution in [1.82, 2.24) is 5.32 Å². The van der Waals surface area contributed by atoms with Crippen LogP contribution < -0.4 is 5.32 Å². The Labute approximate surface area is 103 Å². The minimum atomic E-state index is 0.303. The molecule has 2 aromatic rings. The van der Waals surface area contributed by atoms with Gasteiger partial charge in [0, 0.05) is 0 Å². The maximum absolute atomic E-state index is 3.60. The molecule has 0 radical (unpaired) electrons. The maximum atomic E-state index is 3.60. The molecule has 88 valence electrons. The van der Waals surface area contributed by atoms with E-state index in [-0.39, 0.29) is 0 Å². The maximum Gasteiger partial charge on any atom is 0.0576 e. The summed E-state index contributed by atoms with van der Waals surface area (Å²) in [7, 11) is 0. The molecule has 0 heterocycles. The SMILES string of the molecule is CCCNC(c1ccccc1)c1ccccc1. The fourth-order valence-electron chi connectivity index (χ4n) is 2.01. The Balaban J connectivity index is 2.26. The van der Waals surface area contributed by atoms with E-state index >= 15 is 0 Å². The first-order valence-electron chi connectivity index (χ1n) is 6.25. The molecule has 0 aliphatic rings. The summed E-state index contributed by atoms with van der Waals surface area (Å²) < 4.78 is 0. The summed E-state index contributed by atoms with van der Waals surface area (Å²) >= 11 is 0. The van der Waals surface area contributed by atoms with Crippen LogP contribution in [-0.4, -0.2) is 6.54 Å². The van der Waals surface area contributed by atoms with Crippen molar-refractivity contribution in [3.63, 3.8) is 0 Å². The van der Waals surface area contributed by atoms with Crippen LogP contribution in [0.25, 0.3) is 0 Å². The number of nitrogens with one attached hydrogen (secondary N) is 1. The van der Waals surface area contributed by atoms with Gasteiger partial charge in [0.2, 0.25) is 0 Å². The predicted molar refractivity (Wildman–Crippen MR) is 73.0 cm³/mol. The molecule has 17 heavy (non-hydrogen) atoms. The van der Waals surface area contributed by atoms with E-state index in [4.69, 9.17) is 0 Å². The van der Waals surface area contributed by atoms with Crippen LogP contribution in [0.3, 0.4) is 0 Å². The molecule has 1 nitrogen and oxygen atoms in total. The van der Waals surface area contributed by atoms with Crippen molar-refractivity contribution in [3.8, 4) is 0 Å². The first kappa shape index (κ1) is 11.9. The summed E-state index contributed by atoms with van der Waals surface area (Å²) in [5, 5.41) is 3.60. The largest absolute Gasteiger partial charge is 0.306 e. The first-order chi connectivity index (χ1) is 8.42. The molecular weight excluding hydrogens is 206 g/mol. The summed E-state index contributed by atoms with van der Waals surface area (Å²) in [6.07, 6.45) is 1.15. The van der Waals surface area contributed by atoms with Gasteiger partial charge in [-0.1, -0.05) is 67.6 Å². The molecule has 2 rings (SSSR count). The summed E-state index contributed by atoms with van der Waals surface area (Å²) in [6, 6.07) is 21.5. The molecule has 0 saturated carbocycles. The monoisotopic (exact) mass is 225 g/mol. The lowest BCUT2D eigenvalue weighted by Gasteiger charge is -2.19. The molecule has 0 aliphatic carbocycles. The standard InChI is InChI=1S/C16H19N/c1-2-13-17-16(14-9-5-3-6-10-14)15-11-7-4-8-12-15/h3-12,16-17H,2,13H2,1H3. The normalized spacial score (nSPS) is 10.7. The lowest BCUT2D eigenvalue weighted by Crippen LogP contribution is -2.23. The Kier molecular flexibility index (Phi) is 4.34. The lowest BCUT2D eigenvalue weighted by atomic mass is 9.99. The van der Waals surface area contributed by atoms with Crippen molar-refractivity contribution < 1.29 is 0 Å². The molecule has 2 aromatic carbocycles. The highest BCUT2D eigenvalue weighted by molar-refractivity contribution is 5.31. The van der Waals surface area contributed by atoms with Crippen molar-refractivity contribution in [2.75, 3.05) is 6.54 Å². The zero-order chi connectivity index (χ0) is 11.9. The van der Waals surface area contributed by atoms with Crippen molar-refractivity contribution in [2.24, 2.45) is 0 Å². The van der Waals surface area contributed by atoms with Crippen molar-refractivity contribution in [3.05, 3.63) is 71.8 Å². The molecule has 1 heteroatoms. The Bertz CT molecular complexity index is 382. The third kappa shape index (κ3) is 3.18. The highest BCUT2D eigenvalue weighted by atomic mass is 14.9. The molecule has 0 fully saturated rings. The van der Waals surface area contributed by atoms with Crippen LogP contribution in [0.5, 0.6) is 0 Å². The van der Waals surface area contributed by atoms with E-state index in [1.165, 1.54) is 11.1 Å². The molecule has 0 atom stereocenters. The van der Waals surface area contributed by atoms with Crippen LogP contribution in [0.1, 0.15) is 30.5 Å². The Morgan fingerprint density at radius 1 is 0.824 bits per heavy atom. The van der Waals surface area contributed by atoms with Gasteiger partial charge in [-0.05, 0) is 24.1 Å². The average molecular weight is 225 g/mol. The fourth-order valence-corrected chi connectivity index (χ4v) is 2.01. The fraction of sp³-hybridized carbons (Fsp3) is 0.250. The van der Waals surface area contributed by atoms with Gasteiger partial charge in [0.1, 0.15) is 0 Å². The minimum Gasteiger partial charge on any atom is -0.306 e. The minimum absolute atomic E-state index is 0.303. The van der Waals surface area contributed by atoms with Gasteiger partial charge in [-0.15, -0.1) is 0 Å². The second-order valence-electron chi connectivity index (χ2n) is 4.21. The van der Waals surface area contributed by atoms with Gasteiger partial charge in [-0.25, -0.2) is 0 Å². The molecule has 0 aliphatic heterocycles. The van der Waals surface area contributed by atoms with Crippen LogP contribution in [0, 0.1) is 0 Å². The zero-order valence-corrected chi connectivity index (χ0v) is 10.3. The third-order valence-corrected chi connectivity index (χ3v) is 2.86. The molecular formula is C16H19N. The summed E-state index contributed by atoms with van der Waals surface area (Å²) in [5.74, 6) is 0. The third-order valence-electron chi connectivity index (χ3n) is 2.86. The van der Waals surface area contributed by atoms with Crippen LogP contribution in [0.15, 0.2) is 60.7 Å². The van der Waals surface area contributed by atoms with E-state index < -0.39 is 0 Å². The number of benzene rings is 2. The average Bonchev–Trinajstić information content (AvgIpc) is 2.42. The van der Waals surface area contributed by atoms with E-state index in [1.54, 1.807) is 0 Å². The van der Waals surface area contributed by atoms with Crippen LogP contribution in [0.2, 0.25) is 0 Å². The predicted octanol–water partition coefficient (Wildman–Crippen LogP) is 3.78. The first-order valence-corrected chi connectivity index (χ1v) is 6.25. The second-order valence-corrected chi connectivity index (χ2v) is 4.21. The van der Waals surface area contributed by atoms with Crippen molar-refractivity contribution in [1.29, 1.82) is 0 Å². The highest BCUT2D eigenvalue weighted by Gasteiger charge is 2.11. The van der Waals surface area contributed by atoms with E-state index in [2.05, 4.69) is 72.9 Å². The molecule has 0 saturated heterocycles.